The summed E-state index contributed by atoms with van der Waals surface area (Å²) in [5, 5.41) is 8.55. The molecule has 0 fully saturated rings. The molecule has 0 saturated carbocycles. The quantitative estimate of drug-likeness (QED) is 0.692. The van der Waals surface area contributed by atoms with Gasteiger partial charge in [-0.2, -0.15) is 5.26 Å². The summed E-state index contributed by atoms with van der Waals surface area (Å²) in [5.41, 5.74) is 3.68. The molecule has 0 unspecified atom stereocenters. The molecule has 1 heteroatoms. The second kappa shape index (κ2) is 6.12. The number of hydrogen-bond acceptors (Lipinski definition) is 1. The molecule has 0 spiro atoms. The zero-order valence-corrected chi connectivity index (χ0v) is 11.0. The molecule has 0 aromatic heterocycles. The van der Waals surface area contributed by atoms with Gasteiger partial charge in [0, 0.05) is 5.56 Å². The van der Waals surface area contributed by atoms with Gasteiger partial charge in [-0.3, -0.25) is 0 Å². The minimum atomic E-state index is 0.296. The van der Waals surface area contributed by atoms with E-state index in [1.165, 1.54) is 11.1 Å². The van der Waals surface area contributed by atoms with Gasteiger partial charge in [-0.15, -0.1) is 0 Å². The second-order valence-corrected chi connectivity index (χ2v) is 4.76. The third kappa shape index (κ3) is 3.36. The van der Waals surface area contributed by atoms with Crippen LogP contribution in [0.4, 0.5) is 0 Å². The predicted octanol–water partition coefficient (Wildman–Crippen LogP) is 4.20. The Labute approximate surface area is 104 Å². The van der Waals surface area contributed by atoms with Crippen molar-refractivity contribution in [3.05, 3.63) is 34.9 Å². The lowest BCUT2D eigenvalue weighted by Gasteiger charge is -2.15. The van der Waals surface area contributed by atoms with Gasteiger partial charge in [0.2, 0.25) is 0 Å². The van der Waals surface area contributed by atoms with Crippen LogP contribution in [0.15, 0.2) is 18.2 Å². The monoisotopic (exact) mass is 225 g/mol. The molecule has 0 aliphatic rings. The smallest absolute Gasteiger partial charge is 0.0966 e. The standard InChI is InChI=1S/C16H19N/c1-12(2)14-9-7-10-15(13(3)4)16(14)8-5-6-11-17/h7,9-10,12-13H,6H2,1-4H3. The molecule has 0 amide bonds. The minimum absolute atomic E-state index is 0.296. The summed E-state index contributed by atoms with van der Waals surface area (Å²) in [6, 6.07) is 8.42. The summed E-state index contributed by atoms with van der Waals surface area (Å²) in [4.78, 5) is 0. The first-order chi connectivity index (χ1) is 8.07. The van der Waals surface area contributed by atoms with Gasteiger partial charge in [0.1, 0.15) is 0 Å². The van der Waals surface area contributed by atoms with E-state index < -0.39 is 0 Å². The van der Waals surface area contributed by atoms with Crippen molar-refractivity contribution in [1.82, 2.24) is 0 Å². The SMILES string of the molecule is CC(C)c1cccc(C(C)C)c1C#CCC#N. The Bertz CT molecular complexity index is 452. The fourth-order valence-electron chi connectivity index (χ4n) is 1.87. The average Bonchev–Trinajstić information content (AvgIpc) is 2.28. The number of nitriles is 1. The van der Waals surface area contributed by atoms with Crippen LogP contribution in [0.1, 0.15) is 62.6 Å². The van der Waals surface area contributed by atoms with Crippen molar-refractivity contribution < 1.29 is 0 Å². The van der Waals surface area contributed by atoms with Gasteiger partial charge in [-0.1, -0.05) is 57.7 Å². The van der Waals surface area contributed by atoms with Gasteiger partial charge in [0.05, 0.1) is 12.5 Å². The molecule has 17 heavy (non-hydrogen) atoms. The average molecular weight is 225 g/mol. The van der Waals surface area contributed by atoms with Crippen molar-refractivity contribution in [2.24, 2.45) is 0 Å². The maximum Gasteiger partial charge on any atom is 0.0966 e. The number of benzene rings is 1. The third-order valence-electron chi connectivity index (χ3n) is 2.75. The number of nitrogens with zero attached hydrogens (tertiary/aromatic N) is 1. The van der Waals surface area contributed by atoms with Gasteiger partial charge in [0.15, 0.2) is 0 Å². The van der Waals surface area contributed by atoms with E-state index in [9.17, 15) is 0 Å². The van der Waals surface area contributed by atoms with Crippen LogP contribution in [-0.2, 0) is 0 Å². The van der Waals surface area contributed by atoms with Crippen LogP contribution in [0, 0.1) is 23.2 Å². The lowest BCUT2D eigenvalue weighted by atomic mass is 9.89. The molecule has 0 radical (unpaired) electrons. The fourth-order valence-corrected chi connectivity index (χ4v) is 1.87. The Morgan fingerprint density at radius 2 is 1.59 bits per heavy atom. The van der Waals surface area contributed by atoms with Crippen LogP contribution in [0.2, 0.25) is 0 Å². The summed E-state index contributed by atoms with van der Waals surface area (Å²) >= 11 is 0. The lowest BCUT2D eigenvalue weighted by Crippen LogP contribution is -2.00. The lowest BCUT2D eigenvalue weighted by molar-refractivity contribution is 0.828. The van der Waals surface area contributed by atoms with Gasteiger partial charge in [-0.25, -0.2) is 0 Å². The molecule has 1 aromatic rings. The van der Waals surface area contributed by atoms with E-state index in [0.29, 0.717) is 18.3 Å². The first-order valence-corrected chi connectivity index (χ1v) is 6.06. The first kappa shape index (κ1) is 13.3. The highest BCUT2D eigenvalue weighted by atomic mass is 14.2. The molecule has 0 aliphatic carbocycles. The molecule has 0 atom stereocenters. The first-order valence-electron chi connectivity index (χ1n) is 6.06. The van der Waals surface area contributed by atoms with E-state index in [1.807, 2.05) is 0 Å². The minimum Gasteiger partial charge on any atom is -0.197 e. The molecule has 0 heterocycles. The van der Waals surface area contributed by atoms with Crippen LogP contribution < -0.4 is 0 Å². The van der Waals surface area contributed by atoms with Crippen molar-refractivity contribution in [3.8, 4) is 17.9 Å². The Balaban J connectivity index is 3.31. The molecular formula is C16H19N. The van der Waals surface area contributed by atoms with E-state index in [2.05, 4.69) is 63.8 Å². The summed E-state index contributed by atoms with van der Waals surface area (Å²) in [5.74, 6) is 7.02. The highest BCUT2D eigenvalue weighted by Gasteiger charge is 2.11. The van der Waals surface area contributed by atoms with Crippen molar-refractivity contribution in [3.63, 3.8) is 0 Å². The van der Waals surface area contributed by atoms with Crippen molar-refractivity contribution in [2.45, 2.75) is 46.0 Å². The Kier molecular flexibility index (Phi) is 4.80. The second-order valence-electron chi connectivity index (χ2n) is 4.76. The van der Waals surface area contributed by atoms with Gasteiger partial charge < -0.3 is 0 Å². The molecule has 88 valence electrons. The normalized spacial score (nSPS) is 9.94. The van der Waals surface area contributed by atoms with Gasteiger partial charge in [0.25, 0.3) is 0 Å². The maximum atomic E-state index is 8.55. The van der Waals surface area contributed by atoms with Crippen molar-refractivity contribution in [2.75, 3.05) is 0 Å². The Hall–Kier alpha value is -1.73. The highest BCUT2D eigenvalue weighted by molar-refractivity contribution is 5.50. The predicted molar refractivity (Wildman–Crippen MR) is 71.7 cm³/mol. The highest BCUT2D eigenvalue weighted by Crippen LogP contribution is 2.26. The molecule has 0 aliphatic heterocycles. The fraction of sp³-hybridized carbons (Fsp3) is 0.438. The van der Waals surface area contributed by atoms with Crippen LogP contribution in [0.5, 0.6) is 0 Å². The Morgan fingerprint density at radius 3 is 2.00 bits per heavy atom. The van der Waals surface area contributed by atoms with Crippen molar-refractivity contribution >= 4 is 0 Å². The molecule has 1 aromatic carbocycles. The summed E-state index contributed by atoms with van der Waals surface area (Å²) < 4.78 is 0. The summed E-state index contributed by atoms with van der Waals surface area (Å²) in [6.45, 7) is 8.70. The molecule has 0 saturated heterocycles. The molecule has 0 bridgehead atoms. The van der Waals surface area contributed by atoms with E-state index in [1.54, 1.807) is 0 Å². The molecule has 1 rings (SSSR count). The van der Waals surface area contributed by atoms with Crippen LogP contribution >= 0.6 is 0 Å². The molecule has 0 N–H and O–H groups in total. The van der Waals surface area contributed by atoms with E-state index in [0.717, 1.165) is 5.56 Å². The van der Waals surface area contributed by atoms with Crippen molar-refractivity contribution in [1.29, 1.82) is 5.26 Å². The maximum absolute atomic E-state index is 8.55. The van der Waals surface area contributed by atoms with E-state index in [4.69, 9.17) is 5.26 Å². The van der Waals surface area contributed by atoms with Gasteiger partial charge in [-0.05, 0) is 23.0 Å². The zero-order chi connectivity index (χ0) is 12.8. The van der Waals surface area contributed by atoms with E-state index >= 15 is 0 Å². The zero-order valence-electron chi connectivity index (χ0n) is 11.0. The summed E-state index contributed by atoms with van der Waals surface area (Å²) in [7, 11) is 0. The summed E-state index contributed by atoms with van der Waals surface area (Å²) in [6.07, 6.45) is 0.296. The van der Waals surface area contributed by atoms with E-state index in [-0.39, 0.29) is 0 Å². The van der Waals surface area contributed by atoms with Crippen LogP contribution in [0.3, 0.4) is 0 Å². The van der Waals surface area contributed by atoms with Crippen LogP contribution in [-0.4, -0.2) is 0 Å². The molecular weight excluding hydrogens is 206 g/mol. The van der Waals surface area contributed by atoms with Crippen LogP contribution in [0.25, 0.3) is 0 Å². The number of hydrogen-bond donors (Lipinski definition) is 0. The topological polar surface area (TPSA) is 23.8 Å². The number of rotatable bonds is 2. The third-order valence-corrected chi connectivity index (χ3v) is 2.75. The van der Waals surface area contributed by atoms with Gasteiger partial charge >= 0.3 is 0 Å². The largest absolute Gasteiger partial charge is 0.197 e. The molecule has 1 nitrogen and oxygen atoms in total. The Morgan fingerprint density at radius 1 is 1.06 bits per heavy atom.